The highest BCUT2D eigenvalue weighted by atomic mass is 28.1. The minimum atomic E-state index is 0.911. The summed E-state index contributed by atoms with van der Waals surface area (Å²) in [5.74, 6) is 4.00. The summed E-state index contributed by atoms with van der Waals surface area (Å²) in [6, 6.07) is 0. The lowest BCUT2D eigenvalue weighted by Crippen LogP contribution is -2.12. The SMILES string of the molecule is CC(C)CC1CCC(CC(C)C)C1[SiH3]. The third-order valence-electron chi connectivity index (χ3n) is 3.94. The fourth-order valence-corrected chi connectivity index (χ4v) is 4.43. The second kappa shape index (κ2) is 5.34. The number of rotatable bonds is 4. The first-order chi connectivity index (χ1) is 6.50. The van der Waals surface area contributed by atoms with Crippen molar-refractivity contribution in [1.29, 1.82) is 0 Å². The molecule has 1 aliphatic rings. The zero-order valence-electron chi connectivity index (χ0n) is 10.7. The molecule has 14 heavy (non-hydrogen) atoms. The molecule has 0 heterocycles. The summed E-state index contributed by atoms with van der Waals surface area (Å²) in [6.07, 6.45) is 6.04. The smallest absolute Gasteiger partial charge is 0.00743 e. The van der Waals surface area contributed by atoms with Crippen molar-refractivity contribution in [3.63, 3.8) is 0 Å². The van der Waals surface area contributed by atoms with Crippen LogP contribution in [0.15, 0.2) is 0 Å². The van der Waals surface area contributed by atoms with Crippen LogP contribution in [0.4, 0.5) is 0 Å². The van der Waals surface area contributed by atoms with Gasteiger partial charge in [-0.2, -0.15) is 0 Å². The fraction of sp³-hybridized carbons (Fsp3) is 1.00. The lowest BCUT2D eigenvalue weighted by atomic mass is 9.91. The molecular weight excluding hydrogens is 184 g/mol. The third-order valence-corrected chi connectivity index (χ3v) is 5.83. The molecule has 0 nitrogen and oxygen atoms in total. The van der Waals surface area contributed by atoms with Crippen LogP contribution in [0, 0.1) is 23.7 Å². The molecule has 0 amide bonds. The van der Waals surface area contributed by atoms with Crippen LogP contribution < -0.4 is 0 Å². The van der Waals surface area contributed by atoms with Crippen molar-refractivity contribution < 1.29 is 0 Å². The van der Waals surface area contributed by atoms with E-state index in [1.165, 1.54) is 35.9 Å². The van der Waals surface area contributed by atoms with Crippen LogP contribution in [0.3, 0.4) is 0 Å². The van der Waals surface area contributed by atoms with Gasteiger partial charge in [-0.1, -0.05) is 40.5 Å². The molecule has 2 unspecified atom stereocenters. The average Bonchev–Trinajstić information content (AvgIpc) is 2.34. The molecule has 0 N–H and O–H groups in total. The highest BCUT2D eigenvalue weighted by Crippen LogP contribution is 2.45. The maximum atomic E-state index is 2.38. The van der Waals surface area contributed by atoms with E-state index in [1.807, 2.05) is 0 Å². The van der Waals surface area contributed by atoms with Gasteiger partial charge < -0.3 is 0 Å². The van der Waals surface area contributed by atoms with E-state index in [1.54, 1.807) is 0 Å². The molecule has 1 heteroatoms. The van der Waals surface area contributed by atoms with Crippen molar-refractivity contribution in [3.8, 4) is 0 Å². The van der Waals surface area contributed by atoms with Crippen molar-refractivity contribution in [2.75, 3.05) is 0 Å². The van der Waals surface area contributed by atoms with E-state index in [0.717, 1.165) is 29.2 Å². The Hall–Kier alpha value is 0.217. The average molecular weight is 212 g/mol. The van der Waals surface area contributed by atoms with Crippen molar-refractivity contribution >= 4 is 10.2 Å². The molecule has 1 aliphatic carbocycles. The van der Waals surface area contributed by atoms with Crippen LogP contribution >= 0.6 is 0 Å². The van der Waals surface area contributed by atoms with Gasteiger partial charge in [0.1, 0.15) is 0 Å². The Bertz CT molecular complexity index is 145. The first-order valence-electron chi connectivity index (χ1n) is 6.50. The van der Waals surface area contributed by atoms with Crippen LogP contribution in [-0.2, 0) is 0 Å². The Labute approximate surface area is 93.3 Å². The Morgan fingerprint density at radius 1 is 0.929 bits per heavy atom. The summed E-state index contributed by atoms with van der Waals surface area (Å²) in [4.78, 5) is 0. The second-order valence-corrected chi connectivity index (χ2v) is 7.55. The highest BCUT2D eigenvalue weighted by Gasteiger charge is 2.32. The van der Waals surface area contributed by atoms with Crippen LogP contribution in [0.5, 0.6) is 0 Å². The monoisotopic (exact) mass is 212 g/mol. The lowest BCUT2D eigenvalue weighted by Gasteiger charge is -2.23. The van der Waals surface area contributed by atoms with Gasteiger partial charge in [0, 0.05) is 10.2 Å². The van der Waals surface area contributed by atoms with Gasteiger partial charge >= 0.3 is 0 Å². The summed E-state index contributed by atoms with van der Waals surface area (Å²) in [5, 5.41) is 0. The maximum Gasteiger partial charge on any atom is 0.00743 e. The molecule has 0 bridgehead atoms. The van der Waals surface area contributed by atoms with Crippen molar-refractivity contribution in [2.24, 2.45) is 23.7 Å². The largest absolute Gasteiger partial charge is 0.0628 e. The second-order valence-electron chi connectivity index (χ2n) is 6.22. The van der Waals surface area contributed by atoms with Gasteiger partial charge in [-0.25, -0.2) is 0 Å². The molecule has 1 rings (SSSR count). The molecule has 0 aromatic rings. The molecule has 84 valence electrons. The van der Waals surface area contributed by atoms with Gasteiger partial charge in [0.05, 0.1) is 0 Å². The Morgan fingerprint density at radius 3 is 1.57 bits per heavy atom. The highest BCUT2D eigenvalue weighted by molar-refractivity contribution is 6.12. The molecule has 0 aliphatic heterocycles. The summed E-state index contributed by atoms with van der Waals surface area (Å²) >= 11 is 0. The lowest BCUT2D eigenvalue weighted by molar-refractivity contribution is 0.373. The van der Waals surface area contributed by atoms with Crippen molar-refractivity contribution in [2.45, 2.75) is 58.9 Å². The molecule has 0 spiro atoms. The first-order valence-corrected chi connectivity index (χ1v) is 7.66. The summed E-state index contributed by atoms with van der Waals surface area (Å²) in [7, 11) is 1.43. The predicted molar refractivity (Wildman–Crippen MR) is 68.8 cm³/mol. The molecule has 2 atom stereocenters. The molecule has 1 saturated carbocycles. The molecular formula is C13H28Si. The Balaban J connectivity index is 2.38. The molecule has 0 saturated heterocycles. The Morgan fingerprint density at radius 2 is 1.29 bits per heavy atom. The van der Waals surface area contributed by atoms with E-state index in [-0.39, 0.29) is 0 Å². The van der Waals surface area contributed by atoms with Gasteiger partial charge in [-0.05, 0) is 42.1 Å². The number of hydrogen-bond acceptors (Lipinski definition) is 0. The van der Waals surface area contributed by atoms with E-state index < -0.39 is 0 Å². The van der Waals surface area contributed by atoms with Crippen LogP contribution in [0.2, 0.25) is 5.54 Å². The van der Waals surface area contributed by atoms with E-state index in [9.17, 15) is 0 Å². The zero-order valence-corrected chi connectivity index (χ0v) is 12.7. The van der Waals surface area contributed by atoms with Gasteiger partial charge in [0.15, 0.2) is 0 Å². The van der Waals surface area contributed by atoms with E-state index in [2.05, 4.69) is 27.7 Å². The fourth-order valence-electron chi connectivity index (χ4n) is 3.21. The van der Waals surface area contributed by atoms with Gasteiger partial charge in [0.2, 0.25) is 0 Å². The minimum absolute atomic E-state index is 0.911. The van der Waals surface area contributed by atoms with E-state index >= 15 is 0 Å². The van der Waals surface area contributed by atoms with Gasteiger partial charge in [-0.3, -0.25) is 0 Å². The number of hydrogen-bond donors (Lipinski definition) is 0. The van der Waals surface area contributed by atoms with Gasteiger partial charge in [0.25, 0.3) is 0 Å². The van der Waals surface area contributed by atoms with Crippen LogP contribution in [0.1, 0.15) is 53.4 Å². The van der Waals surface area contributed by atoms with Crippen LogP contribution in [0.25, 0.3) is 0 Å². The van der Waals surface area contributed by atoms with Gasteiger partial charge in [-0.15, -0.1) is 0 Å². The quantitative estimate of drug-likeness (QED) is 0.628. The minimum Gasteiger partial charge on any atom is -0.0628 e. The Kier molecular flexibility index (Phi) is 4.69. The molecule has 1 fully saturated rings. The van der Waals surface area contributed by atoms with Crippen LogP contribution in [-0.4, -0.2) is 10.2 Å². The van der Waals surface area contributed by atoms with Crippen molar-refractivity contribution in [1.82, 2.24) is 0 Å². The molecule has 0 aromatic heterocycles. The molecule has 0 radical (unpaired) electrons. The third kappa shape index (κ3) is 3.41. The van der Waals surface area contributed by atoms with E-state index in [0.29, 0.717) is 0 Å². The summed E-state index contributed by atoms with van der Waals surface area (Å²) in [6.45, 7) is 9.52. The topological polar surface area (TPSA) is 0 Å². The standard InChI is InChI=1S/C13H28Si/c1-9(2)7-11-5-6-12(13(11)14)8-10(3)4/h9-13H,5-8H2,1-4,14H3. The molecule has 0 aromatic carbocycles. The zero-order chi connectivity index (χ0) is 10.7. The van der Waals surface area contributed by atoms with Crippen molar-refractivity contribution in [3.05, 3.63) is 0 Å². The summed E-state index contributed by atoms with van der Waals surface area (Å²) in [5.41, 5.74) is 1.12. The normalized spacial score (nSPS) is 33.4. The summed E-state index contributed by atoms with van der Waals surface area (Å²) < 4.78 is 0. The first kappa shape index (κ1) is 12.3. The van der Waals surface area contributed by atoms with E-state index in [4.69, 9.17) is 0 Å². The maximum absolute atomic E-state index is 2.38. The predicted octanol–water partition coefficient (Wildman–Crippen LogP) is 3.26.